The van der Waals surface area contributed by atoms with Gasteiger partial charge in [0, 0.05) is 23.6 Å². The first-order valence-corrected chi connectivity index (χ1v) is 22.4. The highest BCUT2D eigenvalue weighted by Crippen LogP contribution is 2.29. The molecule has 0 radical (unpaired) electrons. The molecule has 5 aromatic rings. The Hall–Kier alpha value is -6.05. The average molecular weight is 876 g/mol. The molecular weight excluding hydrogens is 809 g/mol. The van der Waals surface area contributed by atoms with Crippen LogP contribution in [0.25, 0.3) is 10.9 Å². The van der Waals surface area contributed by atoms with E-state index < -0.39 is 6.10 Å². The predicted molar refractivity (Wildman–Crippen MR) is 254 cm³/mol. The van der Waals surface area contributed by atoms with Crippen molar-refractivity contribution in [3.8, 4) is 17.2 Å². The number of ketones is 1. The Labute approximate surface area is 377 Å². The Morgan fingerprint density at radius 1 is 0.891 bits per heavy atom. The lowest BCUT2D eigenvalue weighted by Crippen LogP contribution is -2.86. The molecule has 12 heteroatoms. The van der Waals surface area contributed by atoms with E-state index in [9.17, 15) is 19.8 Å². The van der Waals surface area contributed by atoms with Crippen LogP contribution in [0.3, 0.4) is 0 Å². The highest BCUT2D eigenvalue weighted by atomic mass is 16.5. The summed E-state index contributed by atoms with van der Waals surface area (Å²) < 4.78 is 12.1. The van der Waals surface area contributed by atoms with Gasteiger partial charge >= 0.3 is 0 Å². The topological polar surface area (TPSA) is 187 Å². The molecule has 2 unspecified atom stereocenters. The van der Waals surface area contributed by atoms with E-state index in [1.165, 1.54) is 37.0 Å². The number of hydrogen-bond acceptors (Lipinski definition) is 9. The summed E-state index contributed by atoms with van der Waals surface area (Å²) in [6.07, 6.45) is 12.9. The Bertz CT molecular complexity index is 2270. The molecule has 6 rings (SSSR count). The number of benzene rings is 4. The molecule has 0 bridgehead atoms. The maximum absolute atomic E-state index is 11.8. The molecule has 0 aliphatic heterocycles. The number of rotatable bonds is 23. The third-order valence-corrected chi connectivity index (χ3v) is 11.1. The van der Waals surface area contributed by atoms with Crippen LogP contribution in [0.2, 0.25) is 0 Å². The van der Waals surface area contributed by atoms with Gasteiger partial charge in [0.05, 0.1) is 30.8 Å². The quantitative estimate of drug-likeness (QED) is 0.0256. The summed E-state index contributed by atoms with van der Waals surface area (Å²) in [5.41, 5.74) is 4.96. The van der Waals surface area contributed by atoms with Crippen molar-refractivity contribution in [2.45, 2.75) is 77.5 Å². The molecule has 0 spiro atoms. The number of H-pyrrole nitrogens is 1. The van der Waals surface area contributed by atoms with Crippen LogP contribution in [-0.4, -0.2) is 72.4 Å². The van der Waals surface area contributed by atoms with E-state index in [-0.39, 0.29) is 29.6 Å². The zero-order valence-electron chi connectivity index (χ0n) is 37.5. The predicted octanol–water partition coefficient (Wildman–Crippen LogP) is 7.53. The van der Waals surface area contributed by atoms with Gasteiger partial charge < -0.3 is 45.7 Å². The van der Waals surface area contributed by atoms with Gasteiger partial charge in [-0.05, 0) is 110 Å². The molecule has 64 heavy (non-hydrogen) atoms. The van der Waals surface area contributed by atoms with Crippen LogP contribution in [0, 0.1) is 5.92 Å². The number of aliphatic hydroxyl groups is 1. The standard InChI is InChI=1S/C36H39N3O5.C15H25NO.CH2O2/c1-37-35(26-10-3-2-4-11-26)27-12-8-14-29(22-27)44-24-25-9-7-13-28(21-25)43-20-6-5-19-38-23-33(41)30-15-17-32(40)36-31(30)16-18-34(42)39-36;1-3-13(4-2)10-11-16-12-15(17)14-8-6-5-7-9-14;2-1-3/h2-4,7-18,21-22,33,35,37-38,40-41H,5-6,19-20,23-24H2,1H3,(H,39,42);6,8-9,13,16H,3-5,7,10-12H2,1-2H3;1H,(H,2,3)/p+1. The van der Waals surface area contributed by atoms with Crippen molar-refractivity contribution in [3.05, 3.63) is 160 Å². The molecule has 4 aromatic carbocycles. The van der Waals surface area contributed by atoms with E-state index in [1.807, 2.05) is 67.7 Å². The number of nitrogens with two attached hydrogens (primary N) is 1. The van der Waals surface area contributed by atoms with Crippen molar-refractivity contribution in [2.75, 3.05) is 39.8 Å². The number of nitrogens with one attached hydrogen (secondary N) is 3. The van der Waals surface area contributed by atoms with E-state index in [0.717, 1.165) is 72.9 Å². The minimum absolute atomic E-state index is 0.0214. The molecular formula is C52H67N4O8+. The zero-order chi connectivity index (χ0) is 45.9. The molecule has 2 atom stereocenters. The van der Waals surface area contributed by atoms with Gasteiger partial charge in [-0.25, -0.2) is 0 Å². The molecule has 1 aliphatic carbocycles. The van der Waals surface area contributed by atoms with Gasteiger partial charge in [-0.2, -0.15) is 0 Å². The Kier molecular flexibility index (Phi) is 22.6. The summed E-state index contributed by atoms with van der Waals surface area (Å²) in [6.45, 7) is 8.02. The SMILES string of the molecule is CCC(CC)CC[NH2+]CC(=O)C1=CCCC=C1.CNC(c1ccccc1)c1cccc(OCc2cccc(OCCCCNCC(O)c3ccc(O)c4[nH]c(=O)ccc34)c2)c1.O=CO. The lowest BCUT2D eigenvalue weighted by Gasteiger charge is -2.18. The number of unbranched alkanes of at least 4 members (excludes halogenated alkanes) is 1. The van der Waals surface area contributed by atoms with Crippen molar-refractivity contribution in [2.24, 2.45) is 5.92 Å². The van der Waals surface area contributed by atoms with Crippen molar-refractivity contribution in [1.82, 2.24) is 15.6 Å². The lowest BCUT2D eigenvalue weighted by atomic mass is 9.99. The number of carbonyl (C=O) groups excluding carboxylic acids is 1. The number of aromatic nitrogens is 1. The fraction of sp³-hybridized carbons (Fsp3) is 0.365. The van der Waals surface area contributed by atoms with Gasteiger partial charge in [0.25, 0.3) is 6.47 Å². The third-order valence-electron chi connectivity index (χ3n) is 11.1. The first-order valence-electron chi connectivity index (χ1n) is 22.4. The highest BCUT2D eigenvalue weighted by Gasteiger charge is 2.15. The van der Waals surface area contributed by atoms with Gasteiger partial charge in [-0.1, -0.05) is 106 Å². The number of phenolic OH excluding ortho intramolecular Hbond substituents is 1. The number of phenols is 1. The van der Waals surface area contributed by atoms with Gasteiger partial charge in [0.1, 0.15) is 30.4 Å². The number of aliphatic hydroxyl groups excluding tert-OH is 1. The van der Waals surface area contributed by atoms with Crippen LogP contribution >= 0.6 is 0 Å². The Morgan fingerprint density at radius 2 is 1.62 bits per heavy atom. The van der Waals surface area contributed by atoms with Gasteiger partial charge in [-0.3, -0.25) is 14.4 Å². The summed E-state index contributed by atoms with van der Waals surface area (Å²) in [7, 11) is 1.96. The number of hydrogen-bond donors (Lipinski definition) is 7. The van der Waals surface area contributed by atoms with Crippen LogP contribution in [0.5, 0.6) is 17.2 Å². The molecule has 0 amide bonds. The van der Waals surface area contributed by atoms with Crippen LogP contribution in [-0.2, 0) is 16.2 Å². The number of aromatic amines is 1. The van der Waals surface area contributed by atoms with E-state index in [4.69, 9.17) is 19.4 Å². The molecule has 0 saturated carbocycles. The zero-order valence-corrected chi connectivity index (χ0v) is 37.5. The van der Waals surface area contributed by atoms with Crippen molar-refractivity contribution < 1.29 is 39.7 Å². The molecule has 0 saturated heterocycles. The third kappa shape index (κ3) is 16.9. The van der Waals surface area contributed by atoms with E-state index in [2.05, 4.69) is 71.2 Å². The summed E-state index contributed by atoms with van der Waals surface area (Å²) in [5, 5.41) is 37.1. The smallest absolute Gasteiger partial charge is 0.290 e. The molecule has 0 fully saturated rings. The average Bonchev–Trinajstić information content (AvgIpc) is 3.32. The summed E-state index contributed by atoms with van der Waals surface area (Å²) >= 11 is 0. The van der Waals surface area contributed by atoms with Gasteiger partial charge in [0.15, 0.2) is 0 Å². The number of Topliss-reactive ketones (excluding diaryl/α,β-unsaturated/α-hetero) is 1. The fourth-order valence-electron chi connectivity index (χ4n) is 7.51. The lowest BCUT2D eigenvalue weighted by molar-refractivity contribution is -0.644. The highest BCUT2D eigenvalue weighted by molar-refractivity contribution is 5.98. The summed E-state index contributed by atoms with van der Waals surface area (Å²) in [5.74, 6) is 2.71. The number of fused-ring (bicyclic) bond motifs is 1. The van der Waals surface area contributed by atoms with E-state index in [0.29, 0.717) is 42.8 Å². The largest absolute Gasteiger partial charge is 0.506 e. The Morgan fingerprint density at radius 3 is 2.34 bits per heavy atom. The maximum atomic E-state index is 11.8. The van der Waals surface area contributed by atoms with Crippen molar-refractivity contribution in [1.29, 1.82) is 0 Å². The molecule has 1 heterocycles. The number of aromatic hydroxyl groups is 1. The minimum Gasteiger partial charge on any atom is -0.506 e. The molecule has 1 aromatic heterocycles. The normalized spacial score (nSPS) is 12.9. The summed E-state index contributed by atoms with van der Waals surface area (Å²) in [6, 6.07) is 32.8. The second-order valence-corrected chi connectivity index (χ2v) is 15.6. The number of pyridine rings is 1. The molecule has 342 valence electrons. The molecule has 8 N–H and O–H groups in total. The second kappa shape index (κ2) is 28.6. The van der Waals surface area contributed by atoms with Crippen LogP contribution in [0.15, 0.2) is 132 Å². The number of allylic oxidation sites excluding steroid dienone is 3. The summed E-state index contributed by atoms with van der Waals surface area (Å²) in [4.78, 5) is 34.4. The van der Waals surface area contributed by atoms with E-state index in [1.54, 1.807) is 12.1 Å². The van der Waals surface area contributed by atoms with Crippen LogP contribution < -0.4 is 31.0 Å². The first-order chi connectivity index (χ1) is 31.2. The monoisotopic (exact) mass is 875 g/mol. The number of ether oxygens (including phenoxy) is 2. The minimum atomic E-state index is -0.777. The maximum Gasteiger partial charge on any atom is 0.290 e. The van der Waals surface area contributed by atoms with Crippen LogP contribution in [0.1, 0.15) is 93.2 Å². The molecule has 12 nitrogen and oxygen atoms in total. The number of carbonyl (C=O) groups is 2. The molecule has 1 aliphatic rings. The van der Waals surface area contributed by atoms with Crippen molar-refractivity contribution >= 4 is 23.2 Å². The van der Waals surface area contributed by atoms with Gasteiger partial charge in [-0.15, -0.1) is 0 Å². The number of quaternary nitrogens is 1. The van der Waals surface area contributed by atoms with Crippen LogP contribution in [0.4, 0.5) is 0 Å². The van der Waals surface area contributed by atoms with Crippen molar-refractivity contribution in [3.63, 3.8) is 0 Å². The van der Waals surface area contributed by atoms with E-state index >= 15 is 0 Å². The second-order valence-electron chi connectivity index (χ2n) is 15.6. The Balaban J connectivity index is 0.000000374. The fourth-order valence-corrected chi connectivity index (χ4v) is 7.51. The first kappa shape index (κ1) is 50.6. The van der Waals surface area contributed by atoms with Gasteiger partial charge in [0.2, 0.25) is 11.3 Å². The number of carboxylic acid groups (broad SMARTS) is 1.